The molecule has 1 aromatic carbocycles. The van der Waals surface area contributed by atoms with Gasteiger partial charge in [0.2, 0.25) is 11.8 Å². The molecule has 0 radical (unpaired) electrons. The number of anilines is 1. The van der Waals surface area contributed by atoms with Crippen LogP contribution in [-0.4, -0.2) is 24.9 Å². The zero-order valence-electron chi connectivity index (χ0n) is 12.0. The molecule has 1 rings (SSSR count). The smallest absolute Gasteiger partial charge is 0.223 e. The van der Waals surface area contributed by atoms with E-state index in [0.29, 0.717) is 24.5 Å². The number of nitrogens with zero attached hydrogens (tertiary/aromatic N) is 1. The van der Waals surface area contributed by atoms with E-state index in [-0.39, 0.29) is 11.8 Å². The number of hydrogen-bond donors (Lipinski definition) is 1. The van der Waals surface area contributed by atoms with Crippen LogP contribution in [0.25, 0.3) is 0 Å². The predicted octanol–water partition coefficient (Wildman–Crippen LogP) is 3.00. The van der Waals surface area contributed by atoms with Gasteiger partial charge >= 0.3 is 0 Å². The summed E-state index contributed by atoms with van der Waals surface area (Å²) in [6, 6.07) is 7.01. The number of carbonyl (C=O) groups is 2. The van der Waals surface area contributed by atoms with Crippen LogP contribution in [0.1, 0.15) is 33.1 Å². The quantitative estimate of drug-likeness (QED) is 0.786. The van der Waals surface area contributed by atoms with Crippen LogP contribution in [0.5, 0.6) is 0 Å². The molecule has 0 aliphatic heterocycles. The van der Waals surface area contributed by atoms with E-state index in [9.17, 15) is 9.59 Å². The predicted molar refractivity (Wildman–Crippen MR) is 82.0 cm³/mol. The van der Waals surface area contributed by atoms with E-state index in [0.717, 1.165) is 18.5 Å². The van der Waals surface area contributed by atoms with E-state index in [1.165, 1.54) is 6.92 Å². The van der Waals surface area contributed by atoms with Crippen molar-refractivity contribution in [1.29, 1.82) is 0 Å². The van der Waals surface area contributed by atoms with Crippen LogP contribution in [-0.2, 0) is 9.59 Å². The number of benzene rings is 1. The topological polar surface area (TPSA) is 49.4 Å². The average molecular weight is 297 g/mol. The molecule has 0 heterocycles. The van der Waals surface area contributed by atoms with Crippen molar-refractivity contribution in [3.63, 3.8) is 0 Å². The Morgan fingerprint density at radius 3 is 2.45 bits per heavy atom. The molecule has 2 amide bonds. The van der Waals surface area contributed by atoms with Crippen LogP contribution < -0.4 is 10.2 Å². The Morgan fingerprint density at radius 1 is 1.25 bits per heavy atom. The minimum Gasteiger partial charge on any atom is -0.356 e. The van der Waals surface area contributed by atoms with Gasteiger partial charge in [0.1, 0.15) is 0 Å². The second-order valence-electron chi connectivity index (χ2n) is 4.60. The highest BCUT2D eigenvalue weighted by molar-refractivity contribution is 6.30. The van der Waals surface area contributed by atoms with Crippen molar-refractivity contribution in [1.82, 2.24) is 5.32 Å². The third kappa shape index (κ3) is 5.61. The first-order valence-electron chi connectivity index (χ1n) is 6.85. The lowest BCUT2D eigenvalue weighted by molar-refractivity contribution is -0.121. The molecule has 1 N–H and O–H groups in total. The van der Waals surface area contributed by atoms with E-state index < -0.39 is 0 Å². The van der Waals surface area contributed by atoms with Crippen LogP contribution in [0.15, 0.2) is 24.3 Å². The van der Waals surface area contributed by atoms with Gasteiger partial charge in [0.25, 0.3) is 0 Å². The highest BCUT2D eigenvalue weighted by atomic mass is 35.5. The summed E-state index contributed by atoms with van der Waals surface area (Å²) >= 11 is 5.83. The zero-order valence-corrected chi connectivity index (χ0v) is 12.7. The number of unbranched alkanes of at least 4 members (excludes halogenated alkanes) is 1. The summed E-state index contributed by atoms with van der Waals surface area (Å²) < 4.78 is 0. The Bertz CT molecular complexity index is 446. The van der Waals surface area contributed by atoms with Gasteiger partial charge in [0.05, 0.1) is 0 Å². The van der Waals surface area contributed by atoms with Gasteiger partial charge in [-0.2, -0.15) is 0 Å². The standard InChI is InChI=1S/C15H21ClN2O2/c1-3-4-10-17-15(20)9-11-18(12(2)19)14-7-5-13(16)6-8-14/h5-8H,3-4,9-11H2,1-2H3,(H,17,20). The van der Waals surface area contributed by atoms with Crippen molar-refractivity contribution in [3.8, 4) is 0 Å². The van der Waals surface area contributed by atoms with Crippen LogP contribution in [0, 0.1) is 0 Å². The number of carbonyl (C=O) groups excluding carboxylic acids is 2. The molecule has 110 valence electrons. The third-order valence-corrected chi connectivity index (χ3v) is 3.19. The Labute approximate surface area is 125 Å². The zero-order chi connectivity index (χ0) is 15.0. The van der Waals surface area contributed by atoms with Crippen LogP contribution in [0.3, 0.4) is 0 Å². The van der Waals surface area contributed by atoms with E-state index in [1.807, 2.05) is 0 Å². The maximum atomic E-state index is 11.7. The van der Waals surface area contributed by atoms with Crippen LogP contribution in [0.2, 0.25) is 5.02 Å². The van der Waals surface area contributed by atoms with E-state index in [1.54, 1.807) is 29.2 Å². The molecule has 0 spiro atoms. The first-order valence-corrected chi connectivity index (χ1v) is 7.22. The molecule has 4 nitrogen and oxygen atoms in total. The van der Waals surface area contributed by atoms with Crippen molar-refractivity contribution < 1.29 is 9.59 Å². The molecule has 0 saturated carbocycles. The largest absolute Gasteiger partial charge is 0.356 e. The van der Waals surface area contributed by atoms with Crippen molar-refractivity contribution in [2.45, 2.75) is 33.1 Å². The number of nitrogens with one attached hydrogen (secondary N) is 1. The minimum atomic E-state index is -0.0892. The Balaban J connectivity index is 2.54. The van der Waals surface area contributed by atoms with Crippen molar-refractivity contribution in [2.75, 3.05) is 18.0 Å². The summed E-state index contributed by atoms with van der Waals surface area (Å²) in [5.41, 5.74) is 0.753. The highest BCUT2D eigenvalue weighted by Gasteiger charge is 2.13. The molecule has 20 heavy (non-hydrogen) atoms. The van der Waals surface area contributed by atoms with Crippen molar-refractivity contribution in [3.05, 3.63) is 29.3 Å². The van der Waals surface area contributed by atoms with Gasteiger partial charge < -0.3 is 10.2 Å². The van der Waals surface area contributed by atoms with Crippen molar-refractivity contribution >= 4 is 29.1 Å². The summed E-state index contributed by atoms with van der Waals surface area (Å²) in [4.78, 5) is 24.9. The Hall–Kier alpha value is -1.55. The lowest BCUT2D eigenvalue weighted by Gasteiger charge is -2.21. The molecule has 0 atom stereocenters. The Morgan fingerprint density at radius 2 is 1.90 bits per heavy atom. The molecule has 0 bridgehead atoms. The van der Waals surface area contributed by atoms with E-state index in [4.69, 9.17) is 11.6 Å². The molecule has 0 fully saturated rings. The fourth-order valence-electron chi connectivity index (χ4n) is 1.80. The van der Waals surface area contributed by atoms with E-state index in [2.05, 4.69) is 12.2 Å². The van der Waals surface area contributed by atoms with Crippen LogP contribution >= 0.6 is 11.6 Å². The fourth-order valence-corrected chi connectivity index (χ4v) is 1.92. The van der Waals surface area contributed by atoms with Crippen LogP contribution in [0.4, 0.5) is 5.69 Å². The molecule has 0 aliphatic rings. The summed E-state index contributed by atoms with van der Waals surface area (Å²) in [7, 11) is 0. The van der Waals surface area contributed by atoms with E-state index >= 15 is 0 Å². The van der Waals surface area contributed by atoms with Gasteiger partial charge in [-0.1, -0.05) is 24.9 Å². The Kier molecular flexibility index (Phi) is 7.09. The fraction of sp³-hybridized carbons (Fsp3) is 0.467. The second kappa shape index (κ2) is 8.59. The van der Waals surface area contributed by atoms with Crippen molar-refractivity contribution in [2.24, 2.45) is 0 Å². The molecule has 0 aliphatic carbocycles. The molecule has 0 saturated heterocycles. The van der Waals surface area contributed by atoms with Gasteiger partial charge in [-0.15, -0.1) is 0 Å². The number of hydrogen-bond acceptors (Lipinski definition) is 2. The monoisotopic (exact) mass is 296 g/mol. The normalized spacial score (nSPS) is 10.2. The second-order valence-corrected chi connectivity index (χ2v) is 5.04. The molecule has 0 unspecified atom stereocenters. The average Bonchev–Trinajstić information content (AvgIpc) is 2.41. The molecular formula is C15H21ClN2O2. The van der Waals surface area contributed by atoms with Gasteiger partial charge in [-0.25, -0.2) is 0 Å². The van der Waals surface area contributed by atoms with Gasteiger partial charge in [0.15, 0.2) is 0 Å². The highest BCUT2D eigenvalue weighted by Crippen LogP contribution is 2.18. The molecule has 1 aromatic rings. The summed E-state index contributed by atoms with van der Waals surface area (Å²) in [5, 5.41) is 3.46. The first kappa shape index (κ1) is 16.5. The van der Waals surface area contributed by atoms with Gasteiger partial charge in [-0.3, -0.25) is 9.59 Å². The molecular weight excluding hydrogens is 276 g/mol. The molecule has 0 aromatic heterocycles. The van der Waals surface area contributed by atoms with Gasteiger partial charge in [-0.05, 0) is 30.7 Å². The number of amides is 2. The lowest BCUT2D eigenvalue weighted by atomic mass is 10.2. The summed E-state index contributed by atoms with van der Waals surface area (Å²) in [6.07, 6.45) is 2.32. The summed E-state index contributed by atoms with van der Waals surface area (Å²) in [6.45, 7) is 4.62. The third-order valence-electron chi connectivity index (χ3n) is 2.93. The summed E-state index contributed by atoms with van der Waals surface area (Å²) in [5.74, 6) is -0.118. The maximum Gasteiger partial charge on any atom is 0.223 e. The number of rotatable bonds is 7. The SMILES string of the molecule is CCCCNC(=O)CCN(C(C)=O)c1ccc(Cl)cc1. The maximum absolute atomic E-state index is 11.7. The van der Waals surface area contributed by atoms with Gasteiger partial charge in [0, 0.05) is 37.1 Å². The first-order chi connectivity index (χ1) is 9.54. The molecule has 5 heteroatoms. The lowest BCUT2D eigenvalue weighted by Crippen LogP contribution is -2.34. The minimum absolute atomic E-state index is 0.0290. The number of halogens is 1.